The van der Waals surface area contributed by atoms with Crippen molar-refractivity contribution < 1.29 is 38.1 Å². The van der Waals surface area contributed by atoms with Crippen molar-refractivity contribution in [3.63, 3.8) is 0 Å². The number of hydrogen-bond donors (Lipinski definition) is 2. The molecule has 8 heteroatoms. The van der Waals surface area contributed by atoms with Gasteiger partial charge in [-0.25, -0.2) is 13.6 Å². The summed E-state index contributed by atoms with van der Waals surface area (Å²) in [4.78, 5) is 36.9. The van der Waals surface area contributed by atoms with E-state index in [1.807, 2.05) is 0 Å². The molecule has 0 spiro atoms. The molecule has 0 bridgehead atoms. The number of ether oxygens (including phenoxy) is 1. The minimum atomic E-state index is -2.21. The average Bonchev–Trinajstić information content (AvgIpc) is 2.93. The van der Waals surface area contributed by atoms with Crippen molar-refractivity contribution in [3.05, 3.63) is 11.6 Å². The van der Waals surface area contributed by atoms with Crippen LogP contribution < -0.4 is 0 Å². The Hall–Kier alpha value is -1.83. The van der Waals surface area contributed by atoms with Crippen LogP contribution in [-0.4, -0.2) is 51.5 Å². The van der Waals surface area contributed by atoms with Crippen molar-refractivity contribution in [2.75, 3.05) is 0 Å². The van der Waals surface area contributed by atoms with E-state index >= 15 is 8.78 Å². The Labute approximate surface area is 186 Å². The number of ketones is 1. The van der Waals surface area contributed by atoms with Crippen LogP contribution in [0.2, 0.25) is 0 Å². The second-order valence-corrected chi connectivity index (χ2v) is 10.7. The van der Waals surface area contributed by atoms with Crippen LogP contribution in [0.1, 0.15) is 66.2 Å². The highest BCUT2D eigenvalue weighted by Gasteiger charge is 2.78. The van der Waals surface area contributed by atoms with E-state index in [4.69, 9.17) is 4.74 Å². The Morgan fingerprint density at radius 3 is 2.50 bits per heavy atom. The Bertz CT molecular complexity index is 903. The number of fused-ring (bicyclic) bond motifs is 5. The van der Waals surface area contributed by atoms with Gasteiger partial charge in [-0.3, -0.25) is 9.59 Å². The first-order valence-electron chi connectivity index (χ1n) is 11.5. The van der Waals surface area contributed by atoms with Crippen LogP contribution in [0.15, 0.2) is 11.6 Å². The molecule has 32 heavy (non-hydrogen) atoms. The molecule has 2 N–H and O–H groups in total. The number of hydrogen-bond acceptors (Lipinski definition) is 5. The summed E-state index contributed by atoms with van der Waals surface area (Å²) in [6.07, 6.45) is -2.03. The number of aliphatic hydroxyl groups is 1. The lowest BCUT2D eigenvalue weighted by Crippen LogP contribution is -2.71. The summed E-state index contributed by atoms with van der Waals surface area (Å²) in [5, 5.41) is 21.6. The lowest BCUT2D eigenvalue weighted by atomic mass is 9.43. The highest BCUT2D eigenvalue weighted by molar-refractivity contribution is 5.92. The minimum Gasteiger partial charge on any atom is -0.478 e. The van der Waals surface area contributed by atoms with Crippen LogP contribution in [0.4, 0.5) is 8.78 Å². The number of aliphatic hydroxyl groups excluding tert-OH is 1. The third-order valence-corrected chi connectivity index (χ3v) is 9.45. The number of rotatable bonds is 3. The zero-order valence-electron chi connectivity index (χ0n) is 19.0. The summed E-state index contributed by atoms with van der Waals surface area (Å²) in [6.45, 7) is 6.44. The van der Waals surface area contributed by atoms with Crippen LogP contribution in [0.5, 0.6) is 0 Å². The zero-order chi connectivity index (χ0) is 23.9. The lowest BCUT2D eigenvalue weighted by Gasteiger charge is -2.63. The van der Waals surface area contributed by atoms with Gasteiger partial charge in [-0.15, -0.1) is 0 Å². The number of allylic oxidation sites excluding steroid dienone is 1. The maximum absolute atomic E-state index is 17.1. The number of carbonyl (C=O) groups is 3. The molecule has 0 saturated heterocycles. The van der Waals surface area contributed by atoms with Gasteiger partial charge in [-0.1, -0.05) is 27.7 Å². The highest BCUT2D eigenvalue weighted by Crippen LogP contribution is 2.72. The molecule has 0 aliphatic heterocycles. The van der Waals surface area contributed by atoms with Gasteiger partial charge in [-0.2, -0.15) is 0 Å². The maximum atomic E-state index is 17.1. The molecule has 6 nitrogen and oxygen atoms in total. The predicted octanol–water partition coefficient (Wildman–Crippen LogP) is 3.55. The van der Waals surface area contributed by atoms with Gasteiger partial charge in [0.2, 0.25) is 5.60 Å². The van der Waals surface area contributed by atoms with Crippen molar-refractivity contribution >= 4 is 17.7 Å². The molecular weight excluding hydrogens is 422 g/mol. The monoisotopic (exact) mass is 454 g/mol. The predicted molar refractivity (Wildman–Crippen MR) is 110 cm³/mol. The van der Waals surface area contributed by atoms with Crippen LogP contribution in [-0.2, 0) is 19.1 Å². The maximum Gasteiger partial charge on any atom is 0.349 e. The van der Waals surface area contributed by atoms with Crippen molar-refractivity contribution in [2.24, 2.45) is 28.6 Å². The molecule has 4 aliphatic rings. The third-order valence-electron chi connectivity index (χ3n) is 9.45. The lowest BCUT2D eigenvalue weighted by molar-refractivity contribution is -0.243. The normalized spacial score (nSPS) is 50.0. The van der Waals surface area contributed by atoms with Crippen molar-refractivity contribution in [1.29, 1.82) is 0 Å². The second-order valence-electron chi connectivity index (χ2n) is 10.7. The van der Waals surface area contributed by atoms with Gasteiger partial charge in [0.05, 0.1) is 6.10 Å². The summed E-state index contributed by atoms with van der Waals surface area (Å²) < 4.78 is 38.2. The van der Waals surface area contributed by atoms with E-state index < -0.39 is 64.1 Å². The van der Waals surface area contributed by atoms with E-state index in [0.717, 1.165) is 0 Å². The summed E-state index contributed by atoms with van der Waals surface area (Å²) in [5.74, 6) is -4.47. The molecule has 3 fully saturated rings. The number of halogens is 2. The molecule has 4 unspecified atom stereocenters. The molecule has 0 heterocycles. The Balaban J connectivity index is 1.86. The molecular formula is C24H32F2O6. The molecule has 178 valence electrons. The van der Waals surface area contributed by atoms with Gasteiger partial charge in [0.15, 0.2) is 5.78 Å². The first kappa shape index (κ1) is 23.3. The smallest absolute Gasteiger partial charge is 0.349 e. The molecule has 4 aliphatic carbocycles. The third kappa shape index (κ3) is 2.56. The number of carboxylic acid groups (broad SMARTS) is 1. The van der Waals surface area contributed by atoms with E-state index in [9.17, 15) is 24.6 Å². The Morgan fingerprint density at radius 2 is 1.91 bits per heavy atom. The molecule has 0 aromatic carbocycles. The second kappa shape index (κ2) is 7.08. The van der Waals surface area contributed by atoms with Crippen LogP contribution in [0.3, 0.4) is 0 Å². The van der Waals surface area contributed by atoms with E-state index in [-0.39, 0.29) is 49.9 Å². The topological polar surface area (TPSA) is 101 Å². The summed E-state index contributed by atoms with van der Waals surface area (Å²) in [6, 6.07) is 0. The zero-order valence-corrected chi connectivity index (χ0v) is 19.0. The molecule has 4 rings (SSSR count). The van der Waals surface area contributed by atoms with Crippen molar-refractivity contribution in [3.8, 4) is 0 Å². The van der Waals surface area contributed by atoms with Crippen LogP contribution in [0, 0.1) is 28.6 Å². The van der Waals surface area contributed by atoms with Gasteiger partial charge >= 0.3 is 11.9 Å². The first-order chi connectivity index (χ1) is 14.8. The summed E-state index contributed by atoms with van der Waals surface area (Å²) in [7, 11) is 0. The highest BCUT2D eigenvalue weighted by atomic mass is 19.1. The number of carbonyl (C=O) groups excluding carboxylic acids is 2. The molecule has 0 aromatic heterocycles. The Kier molecular flexibility index (Phi) is 5.16. The molecule has 0 aromatic rings. The van der Waals surface area contributed by atoms with Crippen molar-refractivity contribution in [2.45, 2.75) is 89.8 Å². The van der Waals surface area contributed by atoms with E-state index in [0.29, 0.717) is 0 Å². The van der Waals surface area contributed by atoms with Gasteiger partial charge in [0.1, 0.15) is 11.8 Å². The van der Waals surface area contributed by atoms with Crippen LogP contribution in [0.25, 0.3) is 0 Å². The van der Waals surface area contributed by atoms with Gasteiger partial charge in [-0.05, 0) is 43.3 Å². The average molecular weight is 455 g/mol. The molecule has 0 amide bonds. The van der Waals surface area contributed by atoms with Gasteiger partial charge < -0.3 is 14.9 Å². The Morgan fingerprint density at radius 1 is 1.25 bits per heavy atom. The number of esters is 1. The van der Waals surface area contributed by atoms with Gasteiger partial charge in [0.25, 0.3) is 0 Å². The van der Waals surface area contributed by atoms with E-state index in [1.165, 1.54) is 6.08 Å². The van der Waals surface area contributed by atoms with E-state index in [2.05, 4.69) is 0 Å². The minimum absolute atomic E-state index is 0.0195. The quantitative estimate of drug-likeness (QED) is 0.633. The summed E-state index contributed by atoms with van der Waals surface area (Å²) >= 11 is 0. The fourth-order valence-electron chi connectivity index (χ4n) is 7.85. The van der Waals surface area contributed by atoms with Gasteiger partial charge in [0, 0.05) is 35.5 Å². The standard InChI is InChI=1S/C24H32F2O6/c1-5-19(29)32-24(20(30)31)12(2)8-14-15-10-17(25)16-9-13(27)6-7-21(16,3)23(15,26)18(28)11-22(14,24)4/h9,12,14-15,17-18,28H,5-8,10-11H2,1-4H3,(H,30,31)/t12?,14-,15-,17?,18?,21-,22-,23+,24?/m0/s1. The largest absolute Gasteiger partial charge is 0.478 e. The van der Waals surface area contributed by atoms with E-state index in [1.54, 1.807) is 27.7 Å². The van der Waals surface area contributed by atoms with Crippen LogP contribution >= 0.6 is 0 Å². The number of aliphatic carboxylic acids is 1. The number of carboxylic acids is 1. The SMILES string of the molecule is CCC(=O)OC1(C(=O)O)C(C)C[C@H]2[C@@H]3CC(F)C4=CC(=O)CC[C@]4(C)[C@]3(F)C(O)C[C@@]21C. The molecule has 9 atom stereocenters. The van der Waals surface area contributed by atoms with Crippen molar-refractivity contribution in [1.82, 2.24) is 0 Å². The fraction of sp³-hybridized carbons (Fsp3) is 0.792. The fourth-order valence-corrected chi connectivity index (χ4v) is 7.85. The molecule has 0 radical (unpaired) electrons. The molecule has 3 saturated carbocycles. The first-order valence-corrected chi connectivity index (χ1v) is 11.5. The number of alkyl halides is 2. The summed E-state index contributed by atoms with van der Waals surface area (Å²) in [5.41, 5.74) is -6.68.